The van der Waals surface area contributed by atoms with E-state index in [1.807, 2.05) is 54.0 Å². The molecule has 3 rings (SSSR count). The molecule has 0 spiro atoms. The highest BCUT2D eigenvalue weighted by atomic mass is 35.5. The third-order valence-corrected chi connectivity index (χ3v) is 4.99. The van der Waals surface area contributed by atoms with Crippen LogP contribution in [0.3, 0.4) is 0 Å². The van der Waals surface area contributed by atoms with Gasteiger partial charge in [0, 0.05) is 41.0 Å². The van der Waals surface area contributed by atoms with Crippen molar-refractivity contribution < 1.29 is 4.79 Å². The molecule has 0 saturated heterocycles. The van der Waals surface area contributed by atoms with Crippen LogP contribution in [0.15, 0.2) is 48.8 Å². The van der Waals surface area contributed by atoms with Crippen molar-refractivity contribution in [1.82, 2.24) is 9.38 Å². The minimum atomic E-state index is -0.00239. The number of aromatic nitrogens is 2. The standard InChI is InChI=1S/C18H18ClN3OS/c1-13-5-6-14(10-16(13)19)21-18(23)7-9-24-12-15-11-22-8-3-2-4-17(22)20-15/h2-6,8,10-11H,7,9,12H2,1H3,(H,21,23). The lowest BCUT2D eigenvalue weighted by atomic mass is 10.2. The maximum absolute atomic E-state index is 12.0. The van der Waals surface area contributed by atoms with Crippen molar-refractivity contribution in [3.63, 3.8) is 0 Å². The summed E-state index contributed by atoms with van der Waals surface area (Å²) in [6.07, 6.45) is 4.47. The molecule has 1 amide bonds. The van der Waals surface area contributed by atoms with Crippen LogP contribution in [0.5, 0.6) is 0 Å². The Balaban J connectivity index is 1.44. The van der Waals surface area contributed by atoms with E-state index in [9.17, 15) is 4.79 Å². The summed E-state index contributed by atoms with van der Waals surface area (Å²) in [5.41, 5.74) is 3.71. The summed E-state index contributed by atoms with van der Waals surface area (Å²) in [5, 5.41) is 3.53. The summed E-state index contributed by atoms with van der Waals surface area (Å²) in [7, 11) is 0. The van der Waals surface area contributed by atoms with Crippen LogP contribution < -0.4 is 5.32 Å². The van der Waals surface area contributed by atoms with Gasteiger partial charge in [0.1, 0.15) is 5.65 Å². The topological polar surface area (TPSA) is 46.4 Å². The normalized spacial score (nSPS) is 10.9. The van der Waals surface area contributed by atoms with Crippen molar-refractivity contribution in [2.75, 3.05) is 11.1 Å². The van der Waals surface area contributed by atoms with Gasteiger partial charge in [-0.2, -0.15) is 11.8 Å². The number of carbonyl (C=O) groups excluding carboxylic acids is 1. The molecule has 4 nitrogen and oxygen atoms in total. The molecule has 2 heterocycles. The molecule has 24 heavy (non-hydrogen) atoms. The molecule has 0 fully saturated rings. The summed E-state index contributed by atoms with van der Waals surface area (Å²) >= 11 is 7.76. The number of imidazole rings is 1. The fraction of sp³-hybridized carbons (Fsp3) is 0.222. The number of pyridine rings is 1. The van der Waals surface area contributed by atoms with Crippen molar-refractivity contribution in [2.45, 2.75) is 19.1 Å². The number of hydrogen-bond acceptors (Lipinski definition) is 3. The van der Waals surface area contributed by atoms with E-state index >= 15 is 0 Å². The van der Waals surface area contributed by atoms with E-state index in [0.29, 0.717) is 11.4 Å². The van der Waals surface area contributed by atoms with Gasteiger partial charge in [-0.1, -0.05) is 23.7 Å². The number of halogens is 1. The predicted molar refractivity (Wildman–Crippen MR) is 101 cm³/mol. The molecule has 1 N–H and O–H groups in total. The average Bonchev–Trinajstić information content (AvgIpc) is 2.98. The quantitative estimate of drug-likeness (QED) is 0.656. The zero-order valence-electron chi connectivity index (χ0n) is 13.3. The summed E-state index contributed by atoms with van der Waals surface area (Å²) in [6, 6.07) is 11.5. The number of aryl methyl sites for hydroxylation is 1. The highest BCUT2D eigenvalue weighted by Gasteiger charge is 2.05. The summed E-state index contributed by atoms with van der Waals surface area (Å²) in [5.74, 6) is 1.54. The van der Waals surface area contributed by atoms with E-state index in [2.05, 4.69) is 10.3 Å². The Morgan fingerprint density at radius 2 is 2.21 bits per heavy atom. The van der Waals surface area contributed by atoms with Crippen LogP contribution in [0.1, 0.15) is 17.7 Å². The SMILES string of the molecule is Cc1ccc(NC(=O)CCSCc2cn3ccccc3n2)cc1Cl. The van der Waals surface area contributed by atoms with E-state index < -0.39 is 0 Å². The van der Waals surface area contributed by atoms with E-state index in [0.717, 1.165) is 34.1 Å². The van der Waals surface area contributed by atoms with E-state index in [1.165, 1.54) is 0 Å². The predicted octanol–water partition coefficient (Wildman–Crippen LogP) is 4.56. The third-order valence-electron chi connectivity index (χ3n) is 3.59. The van der Waals surface area contributed by atoms with Crippen LogP contribution in [-0.4, -0.2) is 21.0 Å². The first kappa shape index (κ1) is 16.9. The lowest BCUT2D eigenvalue weighted by Crippen LogP contribution is -2.12. The first-order valence-corrected chi connectivity index (χ1v) is 9.21. The number of fused-ring (bicyclic) bond motifs is 1. The highest BCUT2D eigenvalue weighted by molar-refractivity contribution is 7.98. The molecular weight excluding hydrogens is 342 g/mol. The summed E-state index contributed by atoms with van der Waals surface area (Å²) in [4.78, 5) is 16.5. The molecule has 0 aliphatic heterocycles. The van der Waals surface area contributed by atoms with Gasteiger partial charge in [-0.15, -0.1) is 0 Å². The van der Waals surface area contributed by atoms with Gasteiger partial charge in [-0.3, -0.25) is 4.79 Å². The lowest BCUT2D eigenvalue weighted by Gasteiger charge is -2.06. The van der Waals surface area contributed by atoms with Crippen LogP contribution in [-0.2, 0) is 10.5 Å². The molecule has 0 unspecified atom stereocenters. The van der Waals surface area contributed by atoms with Crippen molar-refractivity contribution in [3.8, 4) is 0 Å². The van der Waals surface area contributed by atoms with Gasteiger partial charge in [0.25, 0.3) is 0 Å². The van der Waals surface area contributed by atoms with Gasteiger partial charge in [-0.05, 0) is 36.8 Å². The second-order valence-corrected chi connectivity index (χ2v) is 7.03. The summed E-state index contributed by atoms with van der Waals surface area (Å²) < 4.78 is 2.00. The number of carbonyl (C=O) groups is 1. The number of nitrogens with one attached hydrogen (secondary N) is 1. The highest BCUT2D eigenvalue weighted by Crippen LogP contribution is 2.20. The monoisotopic (exact) mass is 359 g/mol. The van der Waals surface area contributed by atoms with Gasteiger partial charge in [0.05, 0.1) is 5.69 Å². The minimum Gasteiger partial charge on any atom is -0.326 e. The molecule has 0 saturated carbocycles. The number of rotatable bonds is 6. The largest absolute Gasteiger partial charge is 0.326 e. The van der Waals surface area contributed by atoms with Crippen molar-refractivity contribution in [1.29, 1.82) is 0 Å². The molecule has 0 aliphatic carbocycles. The number of hydrogen-bond donors (Lipinski definition) is 1. The lowest BCUT2D eigenvalue weighted by molar-refractivity contribution is -0.115. The van der Waals surface area contributed by atoms with E-state index in [4.69, 9.17) is 11.6 Å². The minimum absolute atomic E-state index is 0.00239. The van der Waals surface area contributed by atoms with Gasteiger partial charge in [0.15, 0.2) is 0 Å². The Hall–Kier alpha value is -1.98. The van der Waals surface area contributed by atoms with Gasteiger partial charge in [-0.25, -0.2) is 4.98 Å². The number of thioether (sulfide) groups is 1. The van der Waals surface area contributed by atoms with Crippen LogP contribution >= 0.6 is 23.4 Å². The molecule has 124 valence electrons. The third kappa shape index (κ3) is 4.30. The molecule has 3 aromatic rings. The molecule has 6 heteroatoms. The van der Waals surface area contributed by atoms with Gasteiger partial charge < -0.3 is 9.72 Å². The number of nitrogens with zero attached hydrogens (tertiary/aromatic N) is 2. The van der Waals surface area contributed by atoms with Crippen molar-refractivity contribution in [3.05, 3.63) is 65.1 Å². The second-order valence-electron chi connectivity index (χ2n) is 5.51. The number of amides is 1. The molecule has 0 bridgehead atoms. The average molecular weight is 360 g/mol. The second kappa shape index (κ2) is 7.73. The van der Waals surface area contributed by atoms with Gasteiger partial charge in [0.2, 0.25) is 5.91 Å². The molecule has 2 aromatic heterocycles. The molecular formula is C18H18ClN3OS. The molecule has 0 atom stereocenters. The maximum atomic E-state index is 12.0. The van der Waals surface area contributed by atoms with E-state index in [1.54, 1.807) is 17.8 Å². The smallest absolute Gasteiger partial charge is 0.225 e. The maximum Gasteiger partial charge on any atom is 0.225 e. The number of benzene rings is 1. The Kier molecular flexibility index (Phi) is 5.43. The Labute approximate surface area is 150 Å². The molecule has 1 aromatic carbocycles. The zero-order valence-corrected chi connectivity index (χ0v) is 14.9. The van der Waals surface area contributed by atoms with Crippen molar-refractivity contribution >= 4 is 40.6 Å². The van der Waals surface area contributed by atoms with Crippen LogP contribution in [0.2, 0.25) is 5.02 Å². The fourth-order valence-corrected chi connectivity index (χ4v) is 3.30. The fourth-order valence-electron chi connectivity index (χ4n) is 2.29. The zero-order chi connectivity index (χ0) is 16.9. The Morgan fingerprint density at radius 3 is 3.00 bits per heavy atom. The molecule has 0 radical (unpaired) electrons. The first-order valence-electron chi connectivity index (χ1n) is 7.68. The van der Waals surface area contributed by atoms with Crippen LogP contribution in [0.4, 0.5) is 5.69 Å². The van der Waals surface area contributed by atoms with Crippen LogP contribution in [0.25, 0.3) is 5.65 Å². The Morgan fingerprint density at radius 1 is 1.33 bits per heavy atom. The van der Waals surface area contributed by atoms with E-state index in [-0.39, 0.29) is 5.91 Å². The van der Waals surface area contributed by atoms with Crippen molar-refractivity contribution in [2.24, 2.45) is 0 Å². The van der Waals surface area contributed by atoms with Gasteiger partial charge >= 0.3 is 0 Å². The Bertz CT molecular complexity index is 829. The molecule has 0 aliphatic rings. The first-order chi connectivity index (χ1) is 11.6. The van der Waals surface area contributed by atoms with Crippen LogP contribution in [0, 0.1) is 6.92 Å². The number of anilines is 1. The summed E-state index contributed by atoms with van der Waals surface area (Å²) in [6.45, 7) is 1.93.